The van der Waals surface area contributed by atoms with E-state index >= 15 is 0 Å². The van der Waals surface area contributed by atoms with Gasteiger partial charge in [0.05, 0.1) is 16.2 Å². The Balaban J connectivity index is 0. The molecule has 0 rings (SSSR count). The molecule has 0 heterocycles. The molecule has 164 valence electrons. The quantitative estimate of drug-likeness (QED) is 0.177. The van der Waals surface area contributed by atoms with Crippen LogP contribution < -0.4 is 51.4 Å². The van der Waals surface area contributed by atoms with Gasteiger partial charge in [-0.15, -0.1) is 0 Å². The number of unbranched alkanes of at least 4 members (excludes halogenated alkanes) is 11. The first-order chi connectivity index (χ1) is 12.9. The smallest absolute Gasteiger partial charge is 0.748 e. The minimum Gasteiger partial charge on any atom is -0.748 e. The van der Waals surface area contributed by atoms with Crippen LogP contribution >= 0.6 is 0 Å². The number of rotatable bonds is 20. The van der Waals surface area contributed by atoms with E-state index in [9.17, 15) is 18.1 Å². The van der Waals surface area contributed by atoms with E-state index in [0.29, 0.717) is 25.7 Å². The molecule has 1 N–H and O–H groups in total. The van der Waals surface area contributed by atoms with Crippen molar-refractivity contribution in [3.8, 4) is 0 Å². The molecule has 28 heavy (non-hydrogen) atoms. The maximum Gasteiger partial charge on any atom is 1.00 e. The van der Waals surface area contributed by atoms with Crippen molar-refractivity contribution in [1.29, 1.82) is 0 Å². The van der Waals surface area contributed by atoms with Gasteiger partial charge in [0.15, 0.2) is 0 Å². The predicted octanol–water partition coefficient (Wildman–Crippen LogP) is 3.33. The van der Waals surface area contributed by atoms with Crippen molar-refractivity contribution in [2.75, 3.05) is 0 Å². The Hall–Kier alpha value is 1.51. The predicted molar refractivity (Wildman–Crippen MR) is 114 cm³/mol. The van der Waals surface area contributed by atoms with E-state index in [2.05, 4.69) is 13.8 Å². The fourth-order valence-corrected chi connectivity index (χ4v) is 4.56. The van der Waals surface area contributed by atoms with E-state index in [1.807, 2.05) is 0 Å². The van der Waals surface area contributed by atoms with Crippen LogP contribution in [0.15, 0.2) is 0 Å². The fourth-order valence-electron chi connectivity index (χ4n) is 3.65. The Morgan fingerprint density at radius 1 is 0.643 bits per heavy atom. The van der Waals surface area contributed by atoms with Gasteiger partial charge in [-0.05, 0) is 32.1 Å². The minimum atomic E-state index is -4.21. The second-order valence-electron chi connectivity index (χ2n) is 8.17. The monoisotopic (exact) mass is 444 g/mol. The minimum absolute atomic E-state index is 0. The van der Waals surface area contributed by atoms with Crippen LogP contribution in [0.3, 0.4) is 0 Å². The summed E-state index contributed by atoms with van der Waals surface area (Å²) in [4.78, 5) is 0. The van der Waals surface area contributed by atoms with Gasteiger partial charge >= 0.3 is 51.4 Å². The standard InChI is InChI=1S/C22H46O4S.K/c1-3-5-7-8-9-10-11-12-13-15-17-21(23)18-16-20-22(27(24,25)26)19-14-6-4-2;/h21-23H,3-20H2,1-2H3,(H,24,25,26);/q;+1/p-1. The molecule has 0 saturated carbocycles. The Bertz CT molecular complexity index is 415. The maximum absolute atomic E-state index is 11.4. The maximum atomic E-state index is 11.4. The van der Waals surface area contributed by atoms with Crippen molar-refractivity contribution < 1.29 is 69.5 Å². The van der Waals surface area contributed by atoms with Gasteiger partial charge in [0.1, 0.15) is 0 Å². The van der Waals surface area contributed by atoms with E-state index in [1.165, 1.54) is 57.8 Å². The largest absolute Gasteiger partial charge is 1.00 e. The first-order valence-electron chi connectivity index (χ1n) is 11.5. The molecule has 0 aromatic heterocycles. The molecule has 4 nitrogen and oxygen atoms in total. The molecule has 0 fully saturated rings. The van der Waals surface area contributed by atoms with Crippen molar-refractivity contribution >= 4 is 10.1 Å². The van der Waals surface area contributed by atoms with Crippen LogP contribution in [-0.2, 0) is 10.1 Å². The van der Waals surface area contributed by atoms with Gasteiger partial charge in [0.2, 0.25) is 0 Å². The van der Waals surface area contributed by atoms with E-state index in [-0.39, 0.29) is 57.5 Å². The molecule has 0 aliphatic carbocycles. The summed E-state index contributed by atoms with van der Waals surface area (Å²) in [6.45, 7) is 4.30. The average molecular weight is 445 g/mol. The van der Waals surface area contributed by atoms with Gasteiger partial charge in [-0.25, -0.2) is 8.42 Å². The average Bonchev–Trinajstić information content (AvgIpc) is 2.61. The summed E-state index contributed by atoms with van der Waals surface area (Å²) < 4.78 is 34.1. The third-order valence-corrected chi connectivity index (χ3v) is 6.78. The van der Waals surface area contributed by atoms with E-state index < -0.39 is 15.4 Å². The van der Waals surface area contributed by atoms with E-state index in [0.717, 1.165) is 32.1 Å². The van der Waals surface area contributed by atoms with Crippen LogP contribution in [0.1, 0.15) is 129 Å². The SMILES string of the molecule is CCCCCCCCCCCCC(O)CCCC(CCCCC)S(=O)(=O)[O-].[K+]. The topological polar surface area (TPSA) is 77.4 Å². The molecule has 0 spiro atoms. The molecule has 0 saturated heterocycles. The normalized spacial score (nSPS) is 13.9. The van der Waals surface area contributed by atoms with E-state index in [1.54, 1.807) is 0 Å². The first-order valence-corrected chi connectivity index (χ1v) is 13.0. The second kappa shape index (κ2) is 21.7. The van der Waals surface area contributed by atoms with Crippen LogP contribution in [0.5, 0.6) is 0 Å². The Morgan fingerprint density at radius 2 is 1.00 bits per heavy atom. The van der Waals surface area contributed by atoms with Gasteiger partial charge in [-0.2, -0.15) is 0 Å². The summed E-state index contributed by atoms with van der Waals surface area (Å²) in [5, 5.41) is 9.30. The molecule has 0 aliphatic heterocycles. The van der Waals surface area contributed by atoms with Crippen LogP contribution in [0.25, 0.3) is 0 Å². The summed E-state index contributed by atoms with van der Waals surface area (Å²) >= 11 is 0. The molecular formula is C22H45KO4S. The zero-order valence-corrected chi connectivity index (χ0v) is 22.9. The number of hydrogen-bond acceptors (Lipinski definition) is 4. The third kappa shape index (κ3) is 20.8. The molecule has 0 amide bonds. The molecule has 0 aromatic carbocycles. The van der Waals surface area contributed by atoms with Gasteiger partial charge < -0.3 is 9.66 Å². The molecule has 0 aromatic rings. The number of aliphatic hydroxyl groups is 1. The van der Waals surface area contributed by atoms with Gasteiger partial charge in [-0.1, -0.05) is 97.3 Å². The van der Waals surface area contributed by atoms with Crippen LogP contribution in [-0.4, -0.2) is 29.4 Å². The second-order valence-corrected chi connectivity index (χ2v) is 9.82. The van der Waals surface area contributed by atoms with Gasteiger partial charge in [0, 0.05) is 5.25 Å². The van der Waals surface area contributed by atoms with Crippen molar-refractivity contribution in [3.05, 3.63) is 0 Å². The fraction of sp³-hybridized carbons (Fsp3) is 1.00. The third-order valence-electron chi connectivity index (χ3n) is 5.49. The molecule has 0 radical (unpaired) electrons. The molecule has 0 bridgehead atoms. The zero-order valence-electron chi connectivity index (χ0n) is 19.0. The van der Waals surface area contributed by atoms with Crippen molar-refractivity contribution in [3.63, 3.8) is 0 Å². The molecule has 2 unspecified atom stereocenters. The molecule has 2 atom stereocenters. The number of aliphatic hydroxyl groups excluding tert-OH is 1. The Morgan fingerprint density at radius 3 is 1.50 bits per heavy atom. The van der Waals surface area contributed by atoms with Crippen LogP contribution in [0.2, 0.25) is 0 Å². The van der Waals surface area contributed by atoms with Gasteiger partial charge in [-0.3, -0.25) is 0 Å². The summed E-state index contributed by atoms with van der Waals surface area (Å²) in [6, 6.07) is 0. The van der Waals surface area contributed by atoms with Crippen LogP contribution in [0, 0.1) is 0 Å². The van der Waals surface area contributed by atoms with Gasteiger partial charge in [0.25, 0.3) is 0 Å². The summed E-state index contributed by atoms with van der Waals surface area (Å²) in [5.41, 5.74) is 0. The van der Waals surface area contributed by atoms with E-state index in [4.69, 9.17) is 0 Å². The Kier molecular flexibility index (Phi) is 24.6. The summed E-state index contributed by atoms with van der Waals surface area (Å²) in [5.74, 6) is 0. The molecule has 6 heteroatoms. The van der Waals surface area contributed by atoms with Crippen molar-refractivity contribution in [2.45, 2.75) is 141 Å². The van der Waals surface area contributed by atoms with Crippen molar-refractivity contribution in [2.24, 2.45) is 0 Å². The van der Waals surface area contributed by atoms with Crippen LogP contribution in [0.4, 0.5) is 0 Å². The summed E-state index contributed by atoms with van der Waals surface area (Å²) in [6.07, 6.45) is 18.1. The molecular weight excluding hydrogens is 399 g/mol. The Labute approximate surface area is 218 Å². The summed E-state index contributed by atoms with van der Waals surface area (Å²) in [7, 11) is -4.21. The first kappa shape index (κ1) is 31.7. The zero-order chi connectivity index (χ0) is 20.4. The number of hydrogen-bond donors (Lipinski definition) is 1. The molecule has 0 aliphatic rings. The van der Waals surface area contributed by atoms with Crippen molar-refractivity contribution in [1.82, 2.24) is 0 Å².